The molecule has 0 fully saturated rings. The monoisotopic (exact) mass is 339 g/mol. The van der Waals surface area contributed by atoms with Crippen LogP contribution in [0, 0.1) is 0 Å². The van der Waals surface area contributed by atoms with Gasteiger partial charge in [-0.3, -0.25) is 0 Å². The first kappa shape index (κ1) is 16.7. The van der Waals surface area contributed by atoms with Crippen molar-refractivity contribution in [3.8, 4) is 0 Å². The Morgan fingerprint density at radius 1 is 1.50 bits per heavy atom. The maximum Gasteiger partial charge on any atom is 0.319 e. The van der Waals surface area contributed by atoms with Gasteiger partial charge in [0.2, 0.25) is 0 Å². The summed E-state index contributed by atoms with van der Waals surface area (Å²) in [6.45, 7) is 2.87. The van der Waals surface area contributed by atoms with E-state index in [0.717, 1.165) is 10.6 Å². The number of benzene rings is 1. The summed E-state index contributed by atoms with van der Waals surface area (Å²) in [6, 6.07) is 5.08. The molecule has 0 bridgehead atoms. The average molecular weight is 340 g/mol. The standard InChI is InChI=1S/C15H18ClN3O2S/c1-10(14-17-6-7-22-14)8-18-15(20)19-13-5-3-4-12(16)11(13)9-21-2/h3-7,10H,8-9H2,1-2H3,(H2,18,19,20)/t10-/m1/s1. The SMILES string of the molecule is COCc1c(Cl)cccc1NC(=O)NC[C@@H](C)c1nccs1. The number of halogens is 1. The van der Waals surface area contributed by atoms with Gasteiger partial charge >= 0.3 is 6.03 Å². The first-order chi connectivity index (χ1) is 10.6. The Morgan fingerprint density at radius 2 is 2.32 bits per heavy atom. The van der Waals surface area contributed by atoms with Crippen LogP contribution in [0.2, 0.25) is 5.02 Å². The lowest BCUT2D eigenvalue weighted by atomic mass is 10.2. The number of hydrogen-bond acceptors (Lipinski definition) is 4. The molecule has 1 atom stereocenters. The Kier molecular flexibility index (Phi) is 6.18. The van der Waals surface area contributed by atoms with Gasteiger partial charge in [0.1, 0.15) is 0 Å². The molecule has 1 aromatic carbocycles. The molecule has 5 nitrogen and oxygen atoms in total. The molecule has 22 heavy (non-hydrogen) atoms. The first-order valence-corrected chi connectivity index (χ1v) is 8.08. The van der Waals surface area contributed by atoms with Gasteiger partial charge in [-0.15, -0.1) is 11.3 Å². The smallest absolute Gasteiger partial charge is 0.319 e. The predicted octanol–water partition coefficient (Wildman–Crippen LogP) is 3.87. The number of carbonyl (C=O) groups excluding carboxylic acids is 1. The maximum absolute atomic E-state index is 12.0. The van der Waals surface area contributed by atoms with E-state index in [0.29, 0.717) is 23.9 Å². The number of nitrogens with zero attached hydrogens (tertiary/aromatic N) is 1. The van der Waals surface area contributed by atoms with Crippen LogP contribution in [0.25, 0.3) is 0 Å². The second-order valence-electron chi connectivity index (χ2n) is 4.81. The fraction of sp³-hybridized carbons (Fsp3) is 0.333. The number of ether oxygens (including phenoxy) is 1. The van der Waals surface area contributed by atoms with Crippen molar-refractivity contribution in [2.45, 2.75) is 19.4 Å². The number of amides is 2. The first-order valence-electron chi connectivity index (χ1n) is 6.82. The van der Waals surface area contributed by atoms with E-state index >= 15 is 0 Å². The molecular weight excluding hydrogens is 322 g/mol. The summed E-state index contributed by atoms with van der Waals surface area (Å²) in [6.07, 6.45) is 1.76. The fourth-order valence-corrected chi connectivity index (χ4v) is 2.87. The van der Waals surface area contributed by atoms with Crippen LogP contribution >= 0.6 is 22.9 Å². The van der Waals surface area contributed by atoms with Crippen molar-refractivity contribution < 1.29 is 9.53 Å². The Morgan fingerprint density at radius 3 is 3.00 bits per heavy atom. The van der Waals surface area contributed by atoms with Gasteiger partial charge in [0.05, 0.1) is 11.6 Å². The lowest BCUT2D eigenvalue weighted by Gasteiger charge is -2.14. The second kappa shape index (κ2) is 8.12. The van der Waals surface area contributed by atoms with Crippen LogP contribution in [0.1, 0.15) is 23.4 Å². The third-order valence-corrected chi connectivity index (χ3v) is 4.46. The third kappa shape index (κ3) is 4.43. The van der Waals surface area contributed by atoms with Gasteiger partial charge in [0, 0.05) is 47.4 Å². The van der Waals surface area contributed by atoms with Gasteiger partial charge in [0.25, 0.3) is 0 Å². The molecule has 2 N–H and O–H groups in total. The number of methoxy groups -OCH3 is 1. The van der Waals surface area contributed by atoms with Crippen molar-refractivity contribution in [2.24, 2.45) is 0 Å². The minimum absolute atomic E-state index is 0.170. The molecule has 1 aromatic heterocycles. The largest absolute Gasteiger partial charge is 0.380 e. The molecule has 0 aliphatic rings. The van der Waals surface area contributed by atoms with Crippen LogP contribution in [0.15, 0.2) is 29.8 Å². The molecular formula is C15H18ClN3O2S. The van der Waals surface area contributed by atoms with E-state index in [9.17, 15) is 4.79 Å². The van der Waals surface area contributed by atoms with Gasteiger partial charge in [-0.25, -0.2) is 9.78 Å². The summed E-state index contributed by atoms with van der Waals surface area (Å²) in [5.74, 6) is 0.170. The fourth-order valence-electron chi connectivity index (χ4n) is 1.94. The Bertz CT molecular complexity index is 619. The molecule has 0 radical (unpaired) electrons. The van der Waals surface area contributed by atoms with Gasteiger partial charge in [-0.05, 0) is 12.1 Å². The zero-order valence-electron chi connectivity index (χ0n) is 12.4. The molecule has 1 heterocycles. The Hall–Kier alpha value is -1.63. The van der Waals surface area contributed by atoms with Gasteiger partial charge in [-0.1, -0.05) is 24.6 Å². The zero-order chi connectivity index (χ0) is 15.9. The minimum Gasteiger partial charge on any atom is -0.380 e. The van der Waals surface area contributed by atoms with E-state index in [2.05, 4.69) is 15.6 Å². The minimum atomic E-state index is -0.275. The van der Waals surface area contributed by atoms with Crippen molar-refractivity contribution in [1.82, 2.24) is 10.3 Å². The van der Waals surface area contributed by atoms with Crippen molar-refractivity contribution >= 4 is 34.7 Å². The normalized spacial score (nSPS) is 12.0. The molecule has 0 aliphatic carbocycles. The molecule has 118 valence electrons. The van der Waals surface area contributed by atoms with E-state index in [-0.39, 0.29) is 11.9 Å². The molecule has 0 saturated heterocycles. The van der Waals surface area contributed by atoms with Crippen molar-refractivity contribution in [2.75, 3.05) is 19.0 Å². The second-order valence-corrected chi connectivity index (χ2v) is 6.14. The van der Waals surface area contributed by atoms with Crippen LogP contribution in [0.4, 0.5) is 10.5 Å². The molecule has 2 aromatic rings. The van der Waals surface area contributed by atoms with E-state index in [1.807, 2.05) is 12.3 Å². The van der Waals surface area contributed by atoms with Crippen LogP contribution in [0.3, 0.4) is 0 Å². The van der Waals surface area contributed by atoms with Crippen molar-refractivity contribution in [3.05, 3.63) is 45.4 Å². The highest BCUT2D eigenvalue weighted by atomic mass is 35.5. The third-order valence-electron chi connectivity index (χ3n) is 3.10. The number of anilines is 1. The van der Waals surface area contributed by atoms with Crippen LogP contribution in [-0.2, 0) is 11.3 Å². The lowest BCUT2D eigenvalue weighted by molar-refractivity contribution is 0.185. The van der Waals surface area contributed by atoms with Crippen LogP contribution in [-0.4, -0.2) is 24.7 Å². The number of nitrogens with one attached hydrogen (secondary N) is 2. The summed E-state index contributed by atoms with van der Waals surface area (Å²) in [5, 5.41) is 9.14. The number of rotatable bonds is 6. The highest BCUT2D eigenvalue weighted by molar-refractivity contribution is 7.09. The number of carbonyl (C=O) groups is 1. The molecule has 0 unspecified atom stereocenters. The van der Waals surface area contributed by atoms with E-state index in [1.54, 1.807) is 42.8 Å². The van der Waals surface area contributed by atoms with Crippen molar-refractivity contribution in [1.29, 1.82) is 0 Å². The van der Waals surface area contributed by atoms with Gasteiger partial charge in [0.15, 0.2) is 0 Å². The summed E-state index contributed by atoms with van der Waals surface area (Å²) >= 11 is 7.71. The number of thiazole rings is 1. The highest BCUT2D eigenvalue weighted by Gasteiger charge is 2.12. The van der Waals surface area contributed by atoms with E-state index < -0.39 is 0 Å². The summed E-state index contributed by atoms with van der Waals surface area (Å²) in [4.78, 5) is 16.3. The molecule has 0 saturated carbocycles. The van der Waals surface area contributed by atoms with E-state index in [1.165, 1.54) is 0 Å². The van der Waals surface area contributed by atoms with Gasteiger partial charge < -0.3 is 15.4 Å². The topological polar surface area (TPSA) is 63.2 Å². The maximum atomic E-state index is 12.0. The Labute approximate surface area is 138 Å². The molecule has 7 heteroatoms. The molecule has 2 amide bonds. The highest BCUT2D eigenvalue weighted by Crippen LogP contribution is 2.25. The number of hydrogen-bond donors (Lipinski definition) is 2. The Balaban J connectivity index is 1.93. The average Bonchev–Trinajstić information content (AvgIpc) is 3.03. The summed E-state index contributed by atoms with van der Waals surface area (Å²) in [7, 11) is 1.59. The zero-order valence-corrected chi connectivity index (χ0v) is 14.0. The number of aromatic nitrogens is 1. The van der Waals surface area contributed by atoms with Crippen LogP contribution in [0.5, 0.6) is 0 Å². The lowest BCUT2D eigenvalue weighted by Crippen LogP contribution is -2.32. The predicted molar refractivity (Wildman–Crippen MR) is 89.7 cm³/mol. The van der Waals surface area contributed by atoms with Gasteiger partial charge in [-0.2, -0.15) is 0 Å². The summed E-state index contributed by atoms with van der Waals surface area (Å²) < 4.78 is 5.12. The molecule has 2 rings (SSSR count). The van der Waals surface area contributed by atoms with Crippen molar-refractivity contribution in [3.63, 3.8) is 0 Å². The molecule has 0 spiro atoms. The summed E-state index contributed by atoms with van der Waals surface area (Å²) in [5.41, 5.74) is 1.41. The quantitative estimate of drug-likeness (QED) is 0.839. The van der Waals surface area contributed by atoms with Crippen LogP contribution < -0.4 is 10.6 Å². The van der Waals surface area contributed by atoms with E-state index in [4.69, 9.17) is 16.3 Å². The number of urea groups is 1. The molecule has 0 aliphatic heterocycles.